The molecule has 1 N–H and O–H groups in total. The first kappa shape index (κ1) is 25.9. The zero-order valence-electron chi connectivity index (χ0n) is 21.1. The number of hydrogen-bond acceptors (Lipinski definition) is 7. The summed E-state index contributed by atoms with van der Waals surface area (Å²) in [7, 11) is 0. The molecule has 0 aromatic carbocycles. The van der Waals surface area contributed by atoms with Gasteiger partial charge in [-0.15, -0.1) is 0 Å². The molecule has 2 fully saturated rings. The van der Waals surface area contributed by atoms with E-state index >= 15 is 0 Å². The second-order valence-corrected chi connectivity index (χ2v) is 10.1. The summed E-state index contributed by atoms with van der Waals surface area (Å²) in [5, 5.41) is 15.0. The van der Waals surface area contributed by atoms with E-state index < -0.39 is 34.7 Å². The topological polar surface area (TPSA) is 120 Å². The average Bonchev–Trinajstić information content (AvgIpc) is 3.60. The predicted octanol–water partition coefficient (Wildman–Crippen LogP) is 3.60. The molecule has 0 spiro atoms. The van der Waals surface area contributed by atoms with Gasteiger partial charge in [0.1, 0.15) is 12.0 Å². The first-order chi connectivity index (χ1) is 19.2. The van der Waals surface area contributed by atoms with Crippen LogP contribution < -0.4 is 0 Å². The Morgan fingerprint density at radius 3 is 2.62 bits per heavy atom. The van der Waals surface area contributed by atoms with Crippen LogP contribution in [0.15, 0.2) is 43.2 Å². The third-order valence-electron chi connectivity index (χ3n) is 7.82. The van der Waals surface area contributed by atoms with Crippen molar-refractivity contribution < 1.29 is 22.4 Å². The molecule has 14 heteroatoms. The fraction of sp³-hybridized carbons (Fsp3) is 0.385. The van der Waals surface area contributed by atoms with E-state index in [0.717, 1.165) is 22.3 Å². The van der Waals surface area contributed by atoms with Crippen molar-refractivity contribution >= 4 is 16.9 Å². The van der Waals surface area contributed by atoms with E-state index in [1.165, 1.54) is 11.2 Å². The van der Waals surface area contributed by atoms with Gasteiger partial charge in [-0.3, -0.25) is 14.4 Å². The van der Waals surface area contributed by atoms with Crippen LogP contribution in [0, 0.1) is 17.1 Å². The monoisotopic (exact) mass is 553 g/mol. The molecule has 5 heterocycles. The summed E-state index contributed by atoms with van der Waals surface area (Å²) in [5.74, 6) is -2.02. The number of amides is 1. The van der Waals surface area contributed by atoms with E-state index in [1.807, 2.05) is 16.9 Å². The number of piperazine rings is 1. The van der Waals surface area contributed by atoms with Gasteiger partial charge in [-0.2, -0.15) is 23.5 Å². The highest BCUT2D eigenvalue weighted by Gasteiger charge is 2.49. The smallest absolute Gasteiger partial charge is 0.346 e. The van der Waals surface area contributed by atoms with E-state index in [2.05, 4.69) is 36.0 Å². The van der Waals surface area contributed by atoms with Crippen LogP contribution in [0.3, 0.4) is 0 Å². The summed E-state index contributed by atoms with van der Waals surface area (Å²) >= 11 is 0. The highest BCUT2D eigenvalue weighted by Crippen LogP contribution is 2.45. The number of halogens is 4. The number of alkyl halides is 3. The van der Waals surface area contributed by atoms with Crippen LogP contribution in [-0.2, 0) is 11.7 Å². The van der Waals surface area contributed by atoms with Crippen molar-refractivity contribution in [2.45, 2.75) is 37.0 Å². The highest BCUT2D eigenvalue weighted by atomic mass is 19.4. The summed E-state index contributed by atoms with van der Waals surface area (Å²) in [6.45, 7) is 1.60. The SMILES string of the molecule is N#CCC1(n2cc(-c3ncnc4[nH]ccc34)cn2)CC(N2CCN(C(=O)c3ncc(C(F)(F)F)cc3F)CC2)C1. The number of H-pyrrole nitrogens is 1. The Hall–Kier alpha value is -4.38. The second-order valence-electron chi connectivity index (χ2n) is 10.1. The Kier molecular flexibility index (Phi) is 6.25. The second kappa shape index (κ2) is 9.67. The molecule has 2 aliphatic rings. The lowest BCUT2D eigenvalue weighted by atomic mass is 9.70. The fourth-order valence-electron chi connectivity index (χ4n) is 5.63. The molecule has 206 valence electrons. The van der Waals surface area contributed by atoms with Gasteiger partial charge in [0.25, 0.3) is 5.91 Å². The number of aromatic nitrogens is 6. The first-order valence-corrected chi connectivity index (χ1v) is 12.7. The molecule has 0 bridgehead atoms. The third kappa shape index (κ3) is 4.45. The Bertz CT molecular complexity index is 1610. The Morgan fingerprint density at radius 2 is 1.93 bits per heavy atom. The van der Waals surface area contributed by atoms with Crippen molar-refractivity contribution in [2.75, 3.05) is 26.2 Å². The maximum absolute atomic E-state index is 14.3. The van der Waals surface area contributed by atoms with Crippen LogP contribution in [-0.4, -0.2) is 77.6 Å². The number of nitriles is 1. The Labute approximate surface area is 225 Å². The zero-order chi connectivity index (χ0) is 28.1. The molecule has 10 nitrogen and oxygen atoms in total. The molecule has 0 unspecified atom stereocenters. The number of carbonyl (C=O) groups excluding carboxylic acids is 1. The maximum atomic E-state index is 14.3. The van der Waals surface area contributed by atoms with Crippen LogP contribution in [0.1, 0.15) is 35.3 Å². The lowest BCUT2D eigenvalue weighted by Gasteiger charge is -2.52. The summed E-state index contributed by atoms with van der Waals surface area (Å²) in [6.07, 6.45) is 4.32. The van der Waals surface area contributed by atoms with Gasteiger partial charge in [0.05, 0.1) is 35.5 Å². The minimum atomic E-state index is -4.74. The summed E-state index contributed by atoms with van der Waals surface area (Å²) in [5.41, 5.74) is -0.0289. The lowest BCUT2D eigenvalue weighted by Crippen LogP contribution is -2.60. The number of hydrogen-bond donors (Lipinski definition) is 1. The Balaban J connectivity index is 1.10. The van der Waals surface area contributed by atoms with Gasteiger partial charge in [-0.05, 0) is 25.0 Å². The van der Waals surface area contributed by atoms with Crippen LogP contribution in [0.5, 0.6) is 0 Å². The van der Waals surface area contributed by atoms with Crippen LogP contribution in [0.4, 0.5) is 17.6 Å². The fourth-order valence-corrected chi connectivity index (χ4v) is 5.63. The van der Waals surface area contributed by atoms with Crippen molar-refractivity contribution in [1.29, 1.82) is 5.26 Å². The Morgan fingerprint density at radius 1 is 1.15 bits per heavy atom. The number of fused-ring (bicyclic) bond motifs is 1. The molecule has 0 atom stereocenters. The number of nitrogens with one attached hydrogen (secondary N) is 1. The van der Waals surface area contributed by atoms with Gasteiger partial charge < -0.3 is 9.88 Å². The molecule has 4 aromatic heterocycles. The van der Waals surface area contributed by atoms with E-state index in [1.54, 1.807) is 12.4 Å². The summed E-state index contributed by atoms with van der Waals surface area (Å²) in [4.78, 5) is 31.6. The molecular formula is C26H23F4N9O. The van der Waals surface area contributed by atoms with Crippen LogP contribution in [0.25, 0.3) is 22.3 Å². The summed E-state index contributed by atoms with van der Waals surface area (Å²) < 4.78 is 54.6. The standard InChI is InChI=1S/C26H23F4N9O/c27-20-9-17(26(28,29)30)13-33-22(20)24(40)38-7-5-37(6-8-38)18-10-25(11-18,2-3-31)39-14-16(12-36-39)21-19-1-4-32-23(19)35-15-34-21/h1,4,9,12-15,18H,2,5-8,10-11H2,(H,32,34,35). The molecule has 1 aliphatic heterocycles. The molecule has 1 amide bonds. The van der Waals surface area contributed by atoms with Crippen molar-refractivity contribution in [3.05, 3.63) is 60.3 Å². The molecule has 40 heavy (non-hydrogen) atoms. The largest absolute Gasteiger partial charge is 0.417 e. The van der Waals surface area contributed by atoms with E-state index in [0.29, 0.717) is 38.2 Å². The van der Waals surface area contributed by atoms with E-state index in [4.69, 9.17) is 0 Å². The number of rotatable bonds is 5. The average molecular weight is 554 g/mol. The molecule has 6 rings (SSSR count). The third-order valence-corrected chi connectivity index (χ3v) is 7.82. The highest BCUT2D eigenvalue weighted by molar-refractivity contribution is 5.92. The van der Waals surface area contributed by atoms with Crippen molar-refractivity contribution in [3.8, 4) is 17.3 Å². The van der Waals surface area contributed by atoms with Gasteiger partial charge in [0.15, 0.2) is 11.5 Å². The maximum Gasteiger partial charge on any atom is 0.417 e. The lowest BCUT2D eigenvalue weighted by molar-refractivity contribution is -0.138. The van der Waals surface area contributed by atoms with Crippen LogP contribution >= 0.6 is 0 Å². The predicted molar refractivity (Wildman–Crippen MR) is 133 cm³/mol. The molecule has 1 aliphatic carbocycles. The number of aromatic amines is 1. The van der Waals surface area contributed by atoms with Crippen molar-refractivity contribution in [2.24, 2.45) is 0 Å². The van der Waals surface area contributed by atoms with Crippen molar-refractivity contribution in [3.63, 3.8) is 0 Å². The number of pyridine rings is 1. The number of carbonyl (C=O) groups is 1. The van der Waals surface area contributed by atoms with E-state index in [9.17, 15) is 27.6 Å². The minimum Gasteiger partial charge on any atom is -0.346 e. The quantitative estimate of drug-likeness (QED) is 0.375. The molecule has 1 saturated heterocycles. The van der Waals surface area contributed by atoms with Gasteiger partial charge in [-0.1, -0.05) is 0 Å². The number of nitrogens with zero attached hydrogens (tertiary/aromatic N) is 8. The van der Waals surface area contributed by atoms with Crippen molar-refractivity contribution in [1.82, 2.24) is 39.5 Å². The van der Waals surface area contributed by atoms with Gasteiger partial charge in [0.2, 0.25) is 0 Å². The molecule has 0 radical (unpaired) electrons. The van der Waals surface area contributed by atoms with Crippen LogP contribution in [0.2, 0.25) is 0 Å². The van der Waals surface area contributed by atoms with Gasteiger partial charge in [0, 0.05) is 61.8 Å². The first-order valence-electron chi connectivity index (χ1n) is 12.7. The summed E-state index contributed by atoms with van der Waals surface area (Å²) in [6, 6.07) is 4.65. The normalized spacial score (nSPS) is 21.8. The molecule has 4 aromatic rings. The molecule has 1 saturated carbocycles. The van der Waals surface area contributed by atoms with Gasteiger partial charge >= 0.3 is 6.18 Å². The van der Waals surface area contributed by atoms with E-state index in [-0.39, 0.29) is 25.6 Å². The molecular weight excluding hydrogens is 530 g/mol. The minimum absolute atomic E-state index is 0.162. The van der Waals surface area contributed by atoms with Gasteiger partial charge in [-0.25, -0.2) is 19.3 Å². The zero-order valence-corrected chi connectivity index (χ0v) is 21.1.